The molecule has 22 heavy (non-hydrogen) atoms. The monoisotopic (exact) mass is 301 g/mol. The van der Waals surface area contributed by atoms with E-state index in [2.05, 4.69) is 5.32 Å². The van der Waals surface area contributed by atoms with Crippen LogP contribution < -0.4 is 5.32 Å². The fraction of sp³-hybridized carbons (Fsp3) is 0.294. The molecule has 2 rings (SSSR count). The molecule has 0 aliphatic rings. The zero-order valence-electron chi connectivity index (χ0n) is 12.6. The van der Waals surface area contributed by atoms with Crippen molar-refractivity contribution in [3.8, 4) is 0 Å². The third-order valence-corrected chi connectivity index (χ3v) is 3.39. The number of rotatable bonds is 5. The number of carboxylic acid groups (broad SMARTS) is 1. The first-order valence-electron chi connectivity index (χ1n) is 7.11. The Labute approximate surface area is 128 Å². The summed E-state index contributed by atoms with van der Waals surface area (Å²) >= 11 is 0. The van der Waals surface area contributed by atoms with Crippen molar-refractivity contribution in [1.29, 1.82) is 0 Å². The summed E-state index contributed by atoms with van der Waals surface area (Å²) in [6.45, 7) is 3.55. The van der Waals surface area contributed by atoms with Gasteiger partial charge in [-0.2, -0.15) is 0 Å². The van der Waals surface area contributed by atoms with E-state index in [9.17, 15) is 9.59 Å². The van der Waals surface area contributed by atoms with Gasteiger partial charge < -0.3 is 15.2 Å². The molecule has 0 heterocycles. The fourth-order valence-corrected chi connectivity index (χ4v) is 2.16. The number of alkyl carbamates (subject to hydrolysis) is 1. The fourth-order valence-electron chi connectivity index (χ4n) is 2.16. The van der Waals surface area contributed by atoms with Crippen LogP contribution in [0.2, 0.25) is 0 Å². The first kappa shape index (κ1) is 15.8. The first-order valence-corrected chi connectivity index (χ1v) is 7.11. The zero-order valence-corrected chi connectivity index (χ0v) is 12.6. The van der Waals surface area contributed by atoms with E-state index in [-0.39, 0.29) is 12.5 Å². The molecule has 116 valence electrons. The Morgan fingerprint density at radius 1 is 1.14 bits per heavy atom. The van der Waals surface area contributed by atoms with Crippen molar-refractivity contribution >= 4 is 22.8 Å². The number of fused-ring (bicyclic) bond motifs is 1. The summed E-state index contributed by atoms with van der Waals surface area (Å²) in [6, 6.07) is 12.7. The van der Waals surface area contributed by atoms with Crippen LogP contribution in [0.25, 0.3) is 10.8 Å². The van der Waals surface area contributed by atoms with Gasteiger partial charge in [0, 0.05) is 0 Å². The summed E-state index contributed by atoms with van der Waals surface area (Å²) in [7, 11) is 0. The average molecular weight is 301 g/mol. The second kappa shape index (κ2) is 6.93. The minimum atomic E-state index is -1.07. The van der Waals surface area contributed by atoms with Crippen LogP contribution in [0.5, 0.6) is 0 Å². The highest BCUT2D eigenvalue weighted by Gasteiger charge is 2.23. The van der Waals surface area contributed by atoms with Crippen molar-refractivity contribution in [3.05, 3.63) is 48.0 Å². The quantitative estimate of drug-likeness (QED) is 0.889. The molecule has 2 aromatic rings. The maximum atomic E-state index is 11.7. The third-order valence-electron chi connectivity index (χ3n) is 3.39. The lowest BCUT2D eigenvalue weighted by Gasteiger charge is -2.17. The molecule has 0 radical (unpaired) electrons. The number of carboxylic acids is 1. The van der Waals surface area contributed by atoms with Gasteiger partial charge in [0.2, 0.25) is 0 Å². The Balaban J connectivity index is 1.96. The second-order valence-electron chi connectivity index (χ2n) is 5.46. The molecule has 0 aliphatic heterocycles. The smallest absolute Gasteiger partial charge is 0.408 e. The lowest BCUT2D eigenvalue weighted by Crippen LogP contribution is -2.44. The molecule has 0 bridgehead atoms. The lowest BCUT2D eigenvalue weighted by molar-refractivity contribution is -0.140. The molecule has 5 nitrogen and oxygen atoms in total. The number of ether oxygens (including phenoxy) is 1. The van der Waals surface area contributed by atoms with Gasteiger partial charge in [-0.05, 0) is 28.3 Å². The number of aliphatic carboxylic acids is 1. The lowest BCUT2D eigenvalue weighted by atomic mass is 10.1. The van der Waals surface area contributed by atoms with E-state index < -0.39 is 18.1 Å². The van der Waals surface area contributed by atoms with E-state index in [1.807, 2.05) is 42.5 Å². The Morgan fingerprint density at radius 2 is 1.82 bits per heavy atom. The highest BCUT2D eigenvalue weighted by atomic mass is 16.5. The Bertz CT molecular complexity index is 681. The molecule has 2 aromatic carbocycles. The van der Waals surface area contributed by atoms with Crippen LogP contribution >= 0.6 is 0 Å². The molecule has 2 N–H and O–H groups in total. The van der Waals surface area contributed by atoms with Crippen molar-refractivity contribution < 1.29 is 19.4 Å². The first-order chi connectivity index (χ1) is 10.5. The maximum Gasteiger partial charge on any atom is 0.408 e. The van der Waals surface area contributed by atoms with Gasteiger partial charge in [0.15, 0.2) is 0 Å². The Kier molecular flexibility index (Phi) is 4.99. The summed E-state index contributed by atoms with van der Waals surface area (Å²) in [6.07, 6.45) is -0.728. The van der Waals surface area contributed by atoms with E-state index >= 15 is 0 Å². The van der Waals surface area contributed by atoms with Crippen molar-refractivity contribution in [2.24, 2.45) is 5.92 Å². The third kappa shape index (κ3) is 3.97. The topological polar surface area (TPSA) is 75.6 Å². The number of hydrogen-bond acceptors (Lipinski definition) is 3. The number of amides is 1. The average Bonchev–Trinajstić information content (AvgIpc) is 2.49. The predicted molar refractivity (Wildman–Crippen MR) is 83.5 cm³/mol. The predicted octanol–water partition coefficient (Wildman–Crippen LogP) is 3.18. The van der Waals surface area contributed by atoms with Crippen molar-refractivity contribution in [3.63, 3.8) is 0 Å². The summed E-state index contributed by atoms with van der Waals surface area (Å²) in [5.74, 6) is -1.29. The van der Waals surface area contributed by atoms with Gasteiger partial charge in [-0.1, -0.05) is 50.2 Å². The van der Waals surface area contributed by atoms with Crippen LogP contribution in [0.4, 0.5) is 4.79 Å². The molecular weight excluding hydrogens is 282 g/mol. The van der Waals surface area contributed by atoms with E-state index in [0.29, 0.717) is 0 Å². The van der Waals surface area contributed by atoms with Gasteiger partial charge >= 0.3 is 12.1 Å². The van der Waals surface area contributed by atoms with Crippen molar-refractivity contribution in [1.82, 2.24) is 5.32 Å². The molecule has 1 atom stereocenters. The van der Waals surface area contributed by atoms with Gasteiger partial charge in [-0.15, -0.1) is 0 Å². The van der Waals surface area contributed by atoms with Crippen LogP contribution in [-0.2, 0) is 16.1 Å². The molecule has 0 saturated heterocycles. The van der Waals surface area contributed by atoms with Crippen LogP contribution in [0, 0.1) is 5.92 Å². The zero-order chi connectivity index (χ0) is 16.1. The SMILES string of the molecule is CC(C)[C@H](NC(=O)OCc1ccc2ccccc2c1)C(=O)O. The molecular formula is C17H19NO4. The van der Waals surface area contributed by atoms with Gasteiger partial charge in [-0.25, -0.2) is 9.59 Å². The highest BCUT2D eigenvalue weighted by molar-refractivity contribution is 5.83. The van der Waals surface area contributed by atoms with Gasteiger partial charge in [0.05, 0.1) is 0 Å². The minimum Gasteiger partial charge on any atom is -0.480 e. The van der Waals surface area contributed by atoms with Gasteiger partial charge in [0.1, 0.15) is 12.6 Å². The normalized spacial score (nSPS) is 12.1. The molecule has 0 unspecified atom stereocenters. The summed E-state index contributed by atoms with van der Waals surface area (Å²) in [5, 5.41) is 13.6. The van der Waals surface area contributed by atoms with E-state index in [4.69, 9.17) is 9.84 Å². The number of nitrogens with one attached hydrogen (secondary N) is 1. The minimum absolute atomic E-state index is 0.0983. The summed E-state index contributed by atoms with van der Waals surface area (Å²) < 4.78 is 5.09. The molecule has 0 fully saturated rings. The van der Waals surface area contributed by atoms with Crippen molar-refractivity contribution in [2.75, 3.05) is 0 Å². The highest BCUT2D eigenvalue weighted by Crippen LogP contribution is 2.16. The van der Waals surface area contributed by atoms with E-state index in [0.717, 1.165) is 16.3 Å². The standard InChI is InChI=1S/C17H19NO4/c1-11(2)15(16(19)20)18-17(21)22-10-12-7-8-13-5-3-4-6-14(13)9-12/h3-9,11,15H,10H2,1-2H3,(H,18,21)(H,19,20)/t15-/m0/s1. The van der Waals surface area contributed by atoms with E-state index in [1.165, 1.54) is 0 Å². The number of carbonyl (C=O) groups is 2. The van der Waals surface area contributed by atoms with Crippen LogP contribution in [0.15, 0.2) is 42.5 Å². The molecule has 0 spiro atoms. The Morgan fingerprint density at radius 3 is 2.45 bits per heavy atom. The van der Waals surface area contributed by atoms with Crippen LogP contribution in [0.3, 0.4) is 0 Å². The number of hydrogen-bond donors (Lipinski definition) is 2. The largest absolute Gasteiger partial charge is 0.480 e. The maximum absolute atomic E-state index is 11.7. The molecule has 0 aromatic heterocycles. The van der Waals surface area contributed by atoms with E-state index in [1.54, 1.807) is 13.8 Å². The van der Waals surface area contributed by atoms with Crippen LogP contribution in [-0.4, -0.2) is 23.2 Å². The molecule has 1 amide bonds. The Hall–Kier alpha value is -2.56. The molecule has 5 heteroatoms. The number of benzene rings is 2. The van der Waals surface area contributed by atoms with Gasteiger partial charge in [-0.3, -0.25) is 0 Å². The van der Waals surface area contributed by atoms with Gasteiger partial charge in [0.25, 0.3) is 0 Å². The molecule has 0 aliphatic carbocycles. The van der Waals surface area contributed by atoms with Crippen LogP contribution in [0.1, 0.15) is 19.4 Å². The van der Waals surface area contributed by atoms with Crippen molar-refractivity contribution in [2.45, 2.75) is 26.5 Å². The summed E-state index contributed by atoms with van der Waals surface area (Å²) in [5.41, 5.74) is 0.852. The second-order valence-corrected chi connectivity index (χ2v) is 5.46. The summed E-state index contributed by atoms with van der Waals surface area (Å²) in [4.78, 5) is 22.7. The molecule has 0 saturated carbocycles. The number of carbonyl (C=O) groups excluding carboxylic acids is 1.